The van der Waals surface area contributed by atoms with Crippen LogP contribution < -0.4 is 5.32 Å². The van der Waals surface area contributed by atoms with E-state index in [-0.39, 0.29) is 17.4 Å². The van der Waals surface area contributed by atoms with Crippen LogP contribution in [0.2, 0.25) is 0 Å². The van der Waals surface area contributed by atoms with Crippen LogP contribution in [0.4, 0.5) is 0 Å². The van der Waals surface area contributed by atoms with Crippen molar-refractivity contribution in [2.24, 2.45) is 5.41 Å². The molecule has 1 aliphatic carbocycles. The summed E-state index contributed by atoms with van der Waals surface area (Å²) in [7, 11) is 0. The molecule has 3 aromatic heterocycles. The normalized spacial score (nSPS) is 17.6. The Morgan fingerprint density at radius 2 is 2.10 bits per heavy atom. The highest BCUT2D eigenvalue weighted by atomic mass is 16.5. The molecule has 1 aliphatic rings. The van der Waals surface area contributed by atoms with E-state index in [2.05, 4.69) is 41.2 Å². The van der Waals surface area contributed by atoms with E-state index in [9.17, 15) is 4.79 Å². The molecule has 0 aromatic carbocycles. The van der Waals surface area contributed by atoms with Crippen molar-refractivity contribution in [3.8, 4) is 11.4 Å². The summed E-state index contributed by atoms with van der Waals surface area (Å²) in [4.78, 5) is 26.2. The van der Waals surface area contributed by atoms with Crippen LogP contribution in [0.3, 0.4) is 0 Å². The van der Waals surface area contributed by atoms with Crippen LogP contribution in [0, 0.1) is 5.41 Å². The third kappa shape index (κ3) is 4.18. The fourth-order valence-electron chi connectivity index (χ4n) is 3.83. The Morgan fingerprint density at radius 3 is 2.86 bits per heavy atom. The lowest BCUT2D eigenvalue weighted by Gasteiger charge is -2.36. The third-order valence-electron chi connectivity index (χ3n) is 5.21. The molecule has 1 amide bonds. The SMILES string of the molecule is CCCc1cc(C(=O)NC2CC(C)(C)Cc3nc(-c4ccncc4)ncc32)no1. The average Bonchev–Trinajstić information content (AvgIpc) is 3.16. The first-order valence-corrected chi connectivity index (χ1v) is 9.98. The van der Waals surface area contributed by atoms with Crippen molar-refractivity contribution < 1.29 is 9.32 Å². The molecular formula is C22H25N5O2. The topological polar surface area (TPSA) is 93.8 Å². The van der Waals surface area contributed by atoms with E-state index in [1.165, 1.54) is 0 Å². The standard InChI is InChI=1S/C22H25N5O2/c1-4-5-15-10-17(27-29-15)21(28)26-19-12-22(2,3)11-18-16(19)13-24-20(25-18)14-6-8-23-9-7-14/h6-10,13,19H,4-5,11-12H2,1-3H3,(H,26,28). The Morgan fingerprint density at radius 1 is 1.31 bits per heavy atom. The third-order valence-corrected chi connectivity index (χ3v) is 5.21. The maximum Gasteiger partial charge on any atom is 0.273 e. The predicted molar refractivity (Wildman–Crippen MR) is 108 cm³/mol. The lowest BCUT2D eigenvalue weighted by Crippen LogP contribution is -2.37. The number of nitrogens with one attached hydrogen (secondary N) is 1. The summed E-state index contributed by atoms with van der Waals surface area (Å²) >= 11 is 0. The maximum absolute atomic E-state index is 12.8. The minimum Gasteiger partial charge on any atom is -0.361 e. The van der Waals surface area contributed by atoms with Crippen LogP contribution >= 0.6 is 0 Å². The van der Waals surface area contributed by atoms with Crippen LogP contribution in [0.15, 0.2) is 41.3 Å². The number of amides is 1. The average molecular weight is 391 g/mol. The van der Waals surface area contributed by atoms with E-state index in [4.69, 9.17) is 9.51 Å². The molecule has 0 aliphatic heterocycles. The molecule has 7 heteroatoms. The zero-order valence-electron chi connectivity index (χ0n) is 17.0. The number of nitrogens with zero attached hydrogens (tertiary/aromatic N) is 4. The highest BCUT2D eigenvalue weighted by Gasteiger charge is 2.35. The van der Waals surface area contributed by atoms with Crippen molar-refractivity contribution in [2.45, 2.75) is 52.5 Å². The Labute approximate surface area is 170 Å². The number of pyridine rings is 1. The molecule has 29 heavy (non-hydrogen) atoms. The van der Waals surface area contributed by atoms with Gasteiger partial charge in [0.05, 0.1) is 11.7 Å². The van der Waals surface area contributed by atoms with Gasteiger partial charge in [-0.15, -0.1) is 0 Å². The van der Waals surface area contributed by atoms with Crippen molar-refractivity contribution >= 4 is 5.91 Å². The molecular weight excluding hydrogens is 366 g/mol. The number of hydrogen-bond acceptors (Lipinski definition) is 6. The predicted octanol–water partition coefficient (Wildman–Crippen LogP) is 3.92. The van der Waals surface area contributed by atoms with Crippen LogP contribution in [0.1, 0.15) is 67.2 Å². The Balaban J connectivity index is 1.60. The molecule has 0 spiro atoms. The van der Waals surface area contributed by atoms with Gasteiger partial charge in [-0.05, 0) is 36.8 Å². The maximum atomic E-state index is 12.8. The van der Waals surface area contributed by atoms with Crippen molar-refractivity contribution in [1.82, 2.24) is 25.4 Å². The molecule has 150 valence electrons. The Kier molecular flexibility index (Phi) is 5.13. The molecule has 0 bridgehead atoms. The highest BCUT2D eigenvalue weighted by Crippen LogP contribution is 2.40. The molecule has 0 fully saturated rings. The molecule has 0 radical (unpaired) electrons. The van der Waals surface area contributed by atoms with Gasteiger partial charge in [0.25, 0.3) is 5.91 Å². The summed E-state index contributed by atoms with van der Waals surface area (Å²) in [6.07, 6.45) is 8.65. The van der Waals surface area contributed by atoms with Gasteiger partial charge in [-0.2, -0.15) is 0 Å². The van der Waals surface area contributed by atoms with Crippen molar-refractivity contribution in [3.63, 3.8) is 0 Å². The molecule has 0 saturated carbocycles. The van der Waals surface area contributed by atoms with Gasteiger partial charge in [-0.3, -0.25) is 9.78 Å². The second-order valence-corrected chi connectivity index (χ2v) is 8.33. The van der Waals surface area contributed by atoms with Gasteiger partial charge < -0.3 is 9.84 Å². The molecule has 3 aromatic rings. The zero-order chi connectivity index (χ0) is 20.4. The lowest BCUT2D eigenvalue weighted by molar-refractivity contribution is 0.0909. The van der Waals surface area contributed by atoms with Gasteiger partial charge in [-0.1, -0.05) is 25.9 Å². The number of hydrogen-bond donors (Lipinski definition) is 1. The second-order valence-electron chi connectivity index (χ2n) is 8.33. The van der Waals surface area contributed by atoms with Crippen molar-refractivity contribution in [3.05, 3.63) is 59.5 Å². The Hall–Kier alpha value is -3.09. The van der Waals surface area contributed by atoms with E-state index in [0.717, 1.165) is 48.3 Å². The molecule has 7 nitrogen and oxygen atoms in total. The summed E-state index contributed by atoms with van der Waals surface area (Å²) in [6.45, 7) is 6.45. The fraction of sp³-hybridized carbons (Fsp3) is 0.409. The van der Waals surface area contributed by atoms with E-state index in [1.54, 1.807) is 18.5 Å². The zero-order valence-corrected chi connectivity index (χ0v) is 17.0. The monoisotopic (exact) mass is 391 g/mol. The minimum atomic E-state index is -0.233. The van der Waals surface area contributed by atoms with Gasteiger partial charge in [0, 0.05) is 42.2 Å². The number of aryl methyl sites for hydroxylation is 1. The van der Waals surface area contributed by atoms with Gasteiger partial charge in [0.15, 0.2) is 11.5 Å². The largest absolute Gasteiger partial charge is 0.361 e. The molecule has 4 rings (SSSR count). The number of rotatable bonds is 5. The smallest absolute Gasteiger partial charge is 0.273 e. The van der Waals surface area contributed by atoms with Crippen molar-refractivity contribution in [1.29, 1.82) is 0 Å². The quantitative estimate of drug-likeness (QED) is 0.708. The summed E-state index contributed by atoms with van der Waals surface area (Å²) in [5.74, 6) is 1.17. The number of carbonyl (C=O) groups is 1. The summed E-state index contributed by atoms with van der Waals surface area (Å²) in [5.41, 5.74) is 3.19. The molecule has 1 N–H and O–H groups in total. The lowest BCUT2D eigenvalue weighted by atomic mass is 9.74. The van der Waals surface area contributed by atoms with E-state index in [0.29, 0.717) is 11.5 Å². The first-order valence-electron chi connectivity index (χ1n) is 9.98. The number of carbonyl (C=O) groups excluding carboxylic acids is 1. The second kappa shape index (κ2) is 7.73. The van der Waals surface area contributed by atoms with Crippen LogP contribution in [-0.4, -0.2) is 26.0 Å². The van der Waals surface area contributed by atoms with Gasteiger partial charge in [0.2, 0.25) is 0 Å². The number of aromatic nitrogens is 4. The highest BCUT2D eigenvalue weighted by molar-refractivity contribution is 5.92. The van der Waals surface area contributed by atoms with Crippen LogP contribution in [0.25, 0.3) is 11.4 Å². The number of fused-ring (bicyclic) bond motifs is 1. The Bertz CT molecular complexity index is 1010. The fourth-order valence-corrected chi connectivity index (χ4v) is 3.83. The summed E-state index contributed by atoms with van der Waals surface area (Å²) < 4.78 is 5.25. The van der Waals surface area contributed by atoms with Gasteiger partial charge in [-0.25, -0.2) is 9.97 Å². The minimum absolute atomic E-state index is 0.00596. The van der Waals surface area contributed by atoms with Crippen LogP contribution in [-0.2, 0) is 12.8 Å². The van der Waals surface area contributed by atoms with Crippen LogP contribution in [0.5, 0.6) is 0 Å². The first kappa shape index (κ1) is 19.2. The molecule has 1 unspecified atom stereocenters. The van der Waals surface area contributed by atoms with Crippen molar-refractivity contribution in [2.75, 3.05) is 0 Å². The van der Waals surface area contributed by atoms with E-state index < -0.39 is 0 Å². The first-order chi connectivity index (χ1) is 13.9. The van der Waals surface area contributed by atoms with Gasteiger partial charge in [0.1, 0.15) is 5.76 Å². The van der Waals surface area contributed by atoms with E-state index in [1.807, 2.05) is 18.3 Å². The van der Waals surface area contributed by atoms with E-state index >= 15 is 0 Å². The molecule has 3 heterocycles. The molecule has 1 atom stereocenters. The summed E-state index contributed by atoms with van der Waals surface area (Å²) in [6, 6.07) is 5.34. The molecule has 0 saturated heterocycles. The van der Waals surface area contributed by atoms with Gasteiger partial charge >= 0.3 is 0 Å². The summed E-state index contributed by atoms with van der Waals surface area (Å²) in [5, 5.41) is 7.03.